The molecule has 0 saturated heterocycles. The number of hydrogen-bond donors (Lipinski definition) is 2. The number of aliphatic hydroxyl groups is 1. The summed E-state index contributed by atoms with van der Waals surface area (Å²) in [6.07, 6.45) is 4.45. The number of hydrogen-bond acceptors (Lipinski definition) is 3. The number of nitrogens with one attached hydrogen (secondary N) is 1. The van der Waals surface area contributed by atoms with E-state index in [9.17, 15) is 9.50 Å². The highest BCUT2D eigenvalue weighted by Crippen LogP contribution is 2.21. The van der Waals surface area contributed by atoms with E-state index in [2.05, 4.69) is 27.9 Å². The zero-order chi connectivity index (χ0) is 13.7. The first-order valence-electron chi connectivity index (χ1n) is 6.64. The van der Waals surface area contributed by atoms with Crippen LogP contribution in [0.3, 0.4) is 0 Å². The number of ether oxygens (including phenoxy) is 1. The number of rotatable bonds is 6. The van der Waals surface area contributed by atoms with E-state index in [-0.39, 0.29) is 5.82 Å². The van der Waals surface area contributed by atoms with Crippen molar-refractivity contribution < 1.29 is 14.2 Å². The quantitative estimate of drug-likeness (QED) is 0.747. The predicted molar refractivity (Wildman–Crippen MR) is 81.8 cm³/mol. The second-order valence-electron chi connectivity index (χ2n) is 4.90. The van der Waals surface area contributed by atoms with E-state index in [4.69, 9.17) is 4.74 Å². The van der Waals surface area contributed by atoms with Gasteiger partial charge in [-0.2, -0.15) is 0 Å². The van der Waals surface area contributed by atoms with Gasteiger partial charge >= 0.3 is 0 Å². The van der Waals surface area contributed by atoms with Gasteiger partial charge in [-0.15, -0.1) is 0 Å². The second kappa shape index (κ2) is 7.40. The fraction of sp³-hybridized carbons (Fsp3) is 0.571. The molecule has 0 aromatic heterocycles. The van der Waals surface area contributed by atoms with Crippen molar-refractivity contribution in [2.75, 3.05) is 18.5 Å². The fourth-order valence-electron chi connectivity index (χ4n) is 2.22. The Kier molecular flexibility index (Phi) is 5.84. The molecule has 0 heterocycles. The Bertz CT molecular complexity index is 410. The number of halogens is 2. The van der Waals surface area contributed by atoms with Crippen molar-refractivity contribution in [2.24, 2.45) is 0 Å². The van der Waals surface area contributed by atoms with E-state index in [0.717, 1.165) is 22.1 Å². The Morgan fingerprint density at radius 1 is 1.42 bits per heavy atom. The lowest BCUT2D eigenvalue weighted by atomic mass is 10.3. The van der Waals surface area contributed by atoms with Gasteiger partial charge in [-0.05, 0) is 53.6 Å². The van der Waals surface area contributed by atoms with Crippen LogP contribution in [0.1, 0.15) is 25.7 Å². The maximum atomic E-state index is 12.9. The Morgan fingerprint density at radius 3 is 2.84 bits per heavy atom. The molecule has 0 aliphatic heterocycles. The van der Waals surface area contributed by atoms with Crippen LogP contribution in [0.5, 0.6) is 0 Å². The van der Waals surface area contributed by atoms with Gasteiger partial charge in [0.15, 0.2) is 0 Å². The molecular weight excluding hydrogens is 360 g/mol. The minimum Gasteiger partial charge on any atom is -0.389 e. The monoisotopic (exact) mass is 379 g/mol. The molecule has 1 saturated carbocycles. The van der Waals surface area contributed by atoms with E-state index in [1.807, 2.05) is 0 Å². The summed E-state index contributed by atoms with van der Waals surface area (Å²) >= 11 is 2.07. The summed E-state index contributed by atoms with van der Waals surface area (Å²) in [5, 5.41) is 13.0. The highest BCUT2D eigenvalue weighted by Gasteiger charge is 2.16. The zero-order valence-electron chi connectivity index (χ0n) is 10.7. The van der Waals surface area contributed by atoms with Crippen molar-refractivity contribution in [3.05, 3.63) is 27.6 Å². The molecule has 1 aromatic carbocycles. The van der Waals surface area contributed by atoms with Gasteiger partial charge in [0, 0.05) is 15.8 Å². The van der Waals surface area contributed by atoms with Crippen LogP contribution in [0.15, 0.2) is 18.2 Å². The molecule has 1 unspecified atom stereocenters. The maximum absolute atomic E-state index is 12.9. The summed E-state index contributed by atoms with van der Waals surface area (Å²) in [7, 11) is 0. The predicted octanol–water partition coefficient (Wildman–Crippen LogP) is 3.16. The average Bonchev–Trinajstić information content (AvgIpc) is 2.88. The SMILES string of the molecule is OC(CNc1ccc(F)cc1I)COC1CCCC1. The summed E-state index contributed by atoms with van der Waals surface area (Å²) in [6, 6.07) is 4.55. The molecule has 1 aliphatic carbocycles. The third kappa shape index (κ3) is 4.89. The number of anilines is 1. The molecule has 106 valence electrons. The molecule has 1 fully saturated rings. The summed E-state index contributed by atoms with van der Waals surface area (Å²) in [5.74, 6) is -0.250. The van der Waals surface area contributed by atoms with Crippen LogP contribution in [0, 0.1) is 9.39 Å². The molecule has 0 radical (unpaired) electrons. The molecule has 0 bridgehead atoms. The van der Waals surface area contributed by atoms with Crippen molar-refractivity contribution in [3.63, 3.8) is 0 Å². The van der Waals surface area contributed by atoms with E-state index < -0.39 is 6.10 Å². The molecule has 0 spiro atoms. The lowest BCUT2D eigenvalue weighted by Crippen LogP contribution is -2.27. The minimum atomic E-state index is -0.540. The average molecular weight is 379 g/mol. The van der Waals surface area contributed by atoms with Crippen LogP contribution >= 0.6 is 22.6 Å². The molecule has 2 rings (SSSR count). The summed E-state index contributed by atoms with van der Waals surface area (Å²) in [5.41, 5.74) is 0.835. The topological polar surface area (TPSA) is 41.5 Å². The molecule has 1 aliphatic rings. The highest BCUT2D eigenvalue weighted by molar-refractivity contribution is 14.1. The molecule has 1 aromatic rings. The Labute approximate surface area is 126 Å². The van der Waals surface area contributed by atoms with Crippen LogP contribution in [0.2, 0.25) is 0 Å². The zero-order valence-corrected chi connectivity index (χ0v) is 12.9. The summed E-state index contributed by atoms with van der Waals surface area (Å²) < 4.78 is 19.4. The minimum absolute atomic E-state index is 0.250. The lowest BCUT2D eigenvalue weighted by Gasteiger charge is -2.17. The van der Waals surface area contributed by atoms with Crippen molar-refractivity contribution >= 4 is 28.3 Å². The van der Waals surface area contributed by atoms with Crippen LogP contribution in [0.25, 0.3) is 0 Å². The molecule has 0 amide bonds. The van der Waals surface area contributed by atoms with E-state index >= 15 is 0 Å². The van der Waals surface area contributed by atoms with Crippen molar-refractivity contribution in [1.82, 2.24) is 0 Å². The highest BCUT2D eigenvalue weighted by atomic mass is 127. The van der Waals surface area contributed by atoms with Crippen LogP contribution in [-0.2, 0) is 4.74 Å². The Hall–Kier alpha value is -0.400. The van der Waals surface area contributed by atoms with Gasteiger partial charge in [-0.1, -0.05) is 12.8 Å². The third-order valence-electron chi connectivity index (χ3n) is 3.29. The third-order valence-corrected chi connectivity index (χ3v) is 4.18. The van der Waals surface area contributed by atoms with Gasteiger partial charge in [-0.25, -0.2) is 4.39 Å². The summed E-state index contributed by atoms with van der Waals surface area (Å²) in [6.45, 7) is 0.768. The molecule has 2 N–H and O–H groups in total. The standard InChI is InChI=1S/C14H19FINO2/c15-10-5-6-14(13(16)7-10)17-8-11(18)9-19-12-3-1-2-4-12/h5-7,11-12,17-18H,1-4,8-9H2. The molecule has 3 nitrogen and oxygen atoms in total. The van der Waals surface area contributed by atoms with Crippen molar-refractivity contribution in [1.29, 1.82) is 0 Å². The smallest absolute Gasteiger partial charge is 0.124 e. The number of benzene rings is 1. The van der Waals surface area contributed by atoms with E-state index in [0.29, 0.717) is 19.3 Å². The molecule has 19 heavy (non-hydrogen) atoms. The molecule has 5 heteroatoms. The largest absolute Gasteiger partial charge is 0.389 e. The fourth-order valence-corrected chi connectivity index (χ4v) is 2.89. The summed E-state index contributed by atoms with van der Waals surface area (Å²) in [4.78, 5) is 0. The first-order chi connectivity index (χ1) is 9.15. The van der Waals surface area contributed by atoms with Gasteiger partial charge in [0.25, 0.3) is 0 Å². The van der Waals surface area contributed by atoms with Crippen molar-refractivity contribution in [2.45, 2.75) is 37.9 Å². The van der Waals surface area contributed by atoms with E-state index in [1.54, 1.807) is 6.07 Å². The Morgan fingerprint density at radius 2 is 2.16 bits per heavy atom. The van der Waals surface area contributed by atoms with Crippen molar-refractivity contribution in [3.8, 4) is 0 Å². The van der Waals surface area contributed by atoms with Crippen LogP contribution < -0.4 is 5.32 Å². The van der Waals surface area contributed by atoms with Gasteiger partial charge < -0.3 is 15.2 Å². The number of aliphatic hydroxyl groups excluding tert-OH is 1. The first-order valence-corrected chi connectivity index (χ1v) is 7.71. The Balaban J connectivity index is 1.71. The van der Waals surface area contributed by atoms with Gasteiger partial charge in [-0.3, -0.25) is 0 Å². The van der Waals surface area contributed by atoms with E-state index in [1.165, 1.54) is 25.0 Å². The lowest BCUT2D eigenvalue weighted by molar-refractivity contribution is -0.00117. The van der Waals surface area contributed by atoms with Gasteiger partial charge in [0.1, 0.15) is 5.82 Å². The van der Waals surface area contributed by atoms with Crippen LogP contribution in [0.4, 0.5) is 10.1 Å². The molecule has 1 atom stereocenters. The van der Waals surface area contributed by atoms with Gasteiger partial charge in [0.2, 0.25) is 0 Å². The van der Waals surface area contributed by atoms with Crippen LogP contribution in [-0.4, -0.2) is 30.5 Å². The normalized spacial score (nSPS) is 17.6. The maximum Gasteiger partial charge on any atom is 0.124 e. The molecular formula is C14H19FINO2. The van der Waals surface area contributed by atoms with Gasteiger partial charge in [0.05, 0.1) is 18.8 Å². The second-order valence-corrected chi connectivity index (χ2v) is 6.06. The first kappa shape index (κ1) is 15.0.